The summed E-state index contributed by atoms with van der Waals surface area (Å²) in [5.41, 5.74) is 1.26. The minimum absolute atomic E-state index is 0.169. The molecular weight excluding hydrogens is 254 g/mol. The van der Waals surface area contributed by atoms with Gasteiger partial charge in [-0.05, 0) is 42.9 Å². The van der Waals surface area contributed by atoms with E-state index in [1.54, 1.807) is 6.07 Å². The number of aromatic hydroxyl groups is 1. The average Bonchev–Trinajstić information content (AvgIpc) is 2.40. The molecule has 0 fully saturated rings. The molecule has 3 N–H and O–H groups in total. The van der Waals surface area contributed by atoms with Crippen LogP contribution >= 0.6 is 0 Å². The van der Waals surface area contributed by atoms with E-state index in [0.29, 0.717) is 12.4 Å². The SMILES string of the molecule is CCOc1cc(CNCC(C)(C)CCCO)ccc1O. The summed E-state index contributed by atoms with van der Waals surface area (Å²) in [7, 11) is 0. The predicted octanol–water partition coefficient (Wildman–Crippen LogP) is 2.68. The Labute approximate surface area is 121 Å². The van der Waals surface area contributed by atoms with Gasteiger partial charge in [0.2, 0.25) is 0 Å². The van der Waals surface area contributed by atoms with Gasteiger partial charge in [0.1, 0.15) is 0 Å². The number of hydrogen-bond donors (Lipinski definition) is 3. The average molecular weight is 281 g/mol. The highest BCUT2D eigenvalue weighted by Crippen LogP contribution is 2.27. The lowest BCUT2D eigenvalue weighted by molar-refractivity contribution is 0.236. The van der Waals surface area contributed by atoms with Crippen LogP contribution in [0, 0.1) is 5.41 Å². The minimum atomic E-state index is 0.169. The molecule has 4 nitrogen and oxygen atoms in total. The quantitative estimate of drug-likeness (QED) is 0.651. The molecule has 0 aliphatic carbocycles. The Kier molecular flexibility index (Phi) is 6.82. The van der Waals surface area contributed by atoms with E-state index in [4.69, 9.17) is 9.84 Å². The van der Waals surface area contributed by atoms with E-state index in [1.165, 1.54) is 0 Å². The van der Waals surface area contributed by atoms with Crippen LogP contribution in [0.3, 0.4) is 0 Å². The topological polar surface area (TPSA) is 61.7 Å². The largest absolute Gasteiger partial charge is 0.504 e. The van der Waals surface area contributed by atoms with Crippen LogP contribution in [0.25, 0.3) is 0 Å². The van der Waals surface area contributed by atoms with Gasteiger partial charge in [0, 0.05) is 19.7 Å². The van der Waals surface area contributed by atoms with Crippen LogP contribution in [0.5, 0.6) is 11.5 Å². The first-order valence-corrected chi connectivity index (χ1v) is 7.25. The number of aliphatic hydroxyl groups excluding tert-OH is 1. The van der Waals surface area contributed by atoms with Crippen molar-refractivity contribution < 1.29 is 14.9 Å². The lowest BCUT2D eigenvalue weighted by Crippen LogP contribution is -2.29. The molecule has 114 valence electrons. The zero-order valence-electron chi connectivity index (χ0n) is 12.8. The van der Waals surface area contributed by atoms with Gasteiger partial charge in [0.15, 0.2) is 11.5 Å². The number of phenols is 1. The van der Waals surface area contributed by atoms with E-state index >= 15 is 0 Å². The first-order valence-electron chi connectivity index (χ1n) is 7.25. The highest BCUT2D eigenvalue weighted by atomic mass is 16.5. The van der Waals surface area contributed by atoms with Crippen molar-refractivity contribution in [3.05, 3.63) is 23.8 Å². The molecule has 0 aliphatic rings. The van der Waals surface area contributed by atoms with E-state index in [1.807, 2.05) is 19.1 Å². The summed E-state index contributed by atoms with van der Waals surface area (Å²) in [6.45, 7) is 8.70. The molecule has 1 aromatic carbocycles. The standard InChI is InChI=1S/C16H27NO3/c1-4-20-15-10-13(6-7-14(15)19)11-17-12-16(2,3)8-5-9-18/h6-7,10,17-19H,4-5,8-9,11-12H2,1-3H3. The van der Waals surface area contributed by atoms with Crippen molar-refractivity contribution in [2.24, 2.45) is 5.41 Å². The van der Waals surface area contributed by atoms with Gasteiger partial charge in [-0.25, -0.2) is 0 Å². The summed E-state index contributed by atoms with van der Waals surface area (Å²) in [6.07, 6.45) is 1.83. The van der Waals surface area contributed by atoms with Crippen LogP contribution in [0.2, 0.25) is 0 Å². The summed E-state index contributed by atoms with van der Waals surface area (Å²) < 4.78 is 5.37. The summed E-state index contributed by atoms with van der Waals surface area (Å²) in [6, 6.07) is 5.43. The van der Waals surface area contributed by atoms with Crippen molar-refractivity contribution in [1.29, 1.82) is 0 Å². The van der Waals surface area contributed by atoms with Crippen LogP contribution in [-0.2, 0) is 6.54 Å². The van der Waals surface area contributed by atoms with E-state index in [-0.39, 0.29) is 17.8 Å². The number of rotatable bonds is 9. The van der Waals surface area contributed by atoms with E-state index < -0.39 is 0 Å². The molecule has 0 saturated heterocycles. The van der Waals surface area contributed by atoms with Gasteiger partial charge in [0.25, 0.3) is 0 Å². The Bertz CT molecular complexity index is 405. The van der Waals surface area contributed by atoms with Gasteiger partial charge >= 0.3 is 0 Å². The molecular formula is C16H27NO3. The maximum Gasteiger partial charge on any atom is 0.161 e. The van der Waals surface area contributed by atoms with Gasteiger partial charge in [-0.2, -0.15) is 0 Å². The summed E-state index contributed by atoms with van der Waals surface area (Å²) in [5.74, 6) is 0.713. The monoisotopic (exact) mass is 281 g/mol. The molecule has 0 atom stereocenters. The van der Waals surface area contributed by atoms with Gasteiger partial charge in [-0.3, -0.25) is 0 Å². The maximum atomic E-state index is 9.65. The fraction of sp³-hybridized carbons (Fsp3) is 0.625. The van der Waals surface area contributed by atoms with Crippen LogP contribution < -0.4 is 10.1 Å². The molecule has 0 bridgehead atoms. The van der Waals surface area contributed by atoms with Gasteiger partial charge in [-0.15, -0.1) is 0 Å². The Morgan fingerprint density at radius 1 is 1.30 bits per heavy atom. The Morgan fingerprint density at radius 3 is 2.70 bits per heavy atom. The van der Waals surface area contributed by atoms with E-state index in [9.17, 15) is 5.11 Å². The molecule has 1 rings (SSSR count). The fourth-order valence-corrected chi connectivity index (χ4v) is 2.13. The Morgan fingerprint density at radius 2 is 2.05 bits per heavy atom. The van der Waals surface area contributed by atoms with Crippen molar-refractivity contribution in [2.45, 2.75) is 40.2 Å². The summed E-state index contributed by atoms with van der Waals surface area (Å²) in [5, 5.41) is 22.0. The number of benzene rings is 1. The van der Waals surface area contributed by atoms with Crippen LogP contribution in [0.4, 0.5) is 0 Å². The van der Waals surface area contributed by atoms with Crippen molar-refractivity contribution in [3.8, 4) is 11.5 Å². The maximum absolute atomic E-state index is 9.65. The third-order valence-electron chi connectivity index (χ3n) is 3.27. The molecule has 0 amide bonds. The van der Waals surface area contributed by atoms with Crippen molar-refractivity contribution in [3.63, 3.8) is 0 Å². The molecule has 20 heavy (non-hydrogen) atoms. The second kappa shape index (κ2) is 8.12. The highest BCUT2D eigenvalue weighted by Gasteiger charge is 2.16. The second-order valence-electron chi connectivity index (χ2n) is 5.83. The first-order chi connectivity index (χ1) is 9.48. The molecule has 0 aromatic heterocycles. The molecule has 1 aromatic rings. The molecule has 0 radical (unpaired) electrons. The zero-order chi connectivity index (χ0) is 15.0. The molecule has 0 saturated carbocycles. The van der Waals surface area contributed by atoms with Crippen LogP contribution in [-0.4, -0.2) is 30.0 Å². The zero-order valence-corrected chi connectivity index (χ0v) is 12.8. The smallest absolute Gasteiger partial charge is 0.161 e. The summed E-state index contributed by atoms with van der Waals surface area (Å²) >= 11 is 0. The van der Waals surface area contributed by atoms with E-state index in [2.05, 4.69) is 19.2 Å². The number of aliphatic hydroxyl groups is 1. The third-order valence-corrected chi connectivity index (χ3v) is 3.27. The third kappa shape index (κ3) is 5.80. The fourth-order valence-electron chi connectivity index (χ4n) is 2.13. The van der Waals surface area contributed by atoms with E-state index in [0.717, 1.165) is 31.5 Å². The number of hydrogen-bond acceptors (Lipinski definition) is 4. The van der Waals surface area contributed by atoms with Crippen molar-refractivity contribution >= 4 is 0 Å². The molecule has 0 unspecified atom stereocenters. The van der Waals surface area contributed by atoms with Gasteiger partial charge in [0.05, 0.1) is 6.61 Å². The Hall–Kier alpha value is -1.26. The van der Waals surface area contributed by atoms with Crippen LogP contribution in [0.15, 0.2) is 18.2 Å². The minimum Gasteiger partial charge on any atom is -0.504 e. The van der Waals surface area contributed by atoms with Crippen LogP contribution in [0.1, 0.15) is 39.2 Å². The molecule has 0 aliphatic heterocycles. The number of nitrogens with one attached hydrogen (secondary N) is 1. The van der Waals surface area contributed by atoms with Crippen molar-refractivity contribution in [2.75, 3.05) is 19.8 Å². The molecule has 4 heteroatoms. The lowest BCUT2D eigenvalue weighted by Gasteiger charge is -2.24. The molecule has 0 heterocycles. The Balaban J connectivity index is 2.47. The number of ether oxygens (including phenoxy) is 1. The summed E-state index contributed by atoms with van der Waals surface area (Å²) in [4.78, 5) is 0. The van der Waals surface area contributed by atoms with Gasteiger partial charge < -0.3 is 20.3 Å². The predicted molar refractivity (Wildman–Crippen MR) is 81.1 cm³/mol. The first kappa shape index (κ1) is 16.8. The molecule has 0 spiro atoms. The number of phenolic OH excluding ortho intramolecular Hbond substituents is 1. The van der Waals surface area contributed by atoms with Crippen molar-refractivity contribution in [1.82, 2.24) is 5.32 Å². The highest BCUT2D eigenvalue weighted by molar-refractivity contribution is 5.41. The normalized spacial score (nSPS) is 11.6. The van der Waals surface area contributed by atoms with Gasteiger partial charge in [-0.1, -0.05) is 19.9 Å². The lowest BCUT2D eigenvalue weighted by atomic mass is 9.88. The second-order valence-corrected chi connectivity index (χ2v) is 5.83.